The molecule has 0 fully saturated rings. The molecule has 8 heteroatoms. The summed E-state index contributed by atoms with van der Waals surface area (Å²) in [6.45, 7) is 3.84. The lowest BCUT2D eigenvalue weighted by atomic mass is 9.93. The summed E-state index contributed by atoms with van der Waals surface area (Å²) in [6, 6.07) is 25.7. The SMILES string of the molecule is C[C@@H]1CCN2CN([C@@H]3c4ccccc4SCc4cccc(c43)OC1)n1ccc(=O)c(OCc3ccccc3)c1C2=O. The van der Waals surface area contributed by atoms with Crippen LogP contribution in [0.4, 0.5) is 0 Å². The number of thioether (sulfide) groups is 1. The Balaban J connectivity index is 1.45. The third-order valence-electron chi connectivity index (χ3n) is 8.08. The van der Waals surface area contributed by atoms with Gasteiger partial charge in [-0.05, 0) is 41.2 Å². The van der Waals surface area contributed by atoms with Crippen LogP contribution in [0.25, 0.3) is 0 Å². The van der Waals surface area contributed by atoms with Gasteiger partial charge in [-0.1, -0.05) is 67.6 Å². The number of nitrogens with zero attached hydrogens (tertiary/aromatic N) is 3. The molecule has 0 spiro atoms. The summed E-state index contributed by atoms with van der Waals surface area (Å²) < 4.78 is 14.5. The number of benzene rings is 3. The quantitative estimate of drug-likeness (QED) is 0.323. The third-order valence-corrected chi connectivity index (χ3v) is 9.22. The summed E-state index contributed by atoms with van der Waals surface area (Å²) in [6.07, 6.45) is 2.50. The summed E-state index contributed by atoms with van der Waals surface area (Å²) in [5.41, 5.74) is 4.33. The summed E-state index contributed by atoms with van der Waals surface area (Å²) in [7, 11) is 0. The lowest BCUT2D eigenvalue weighted by molar-refractivity contribution is 0.0664. The number of carbonyl (C=O) groups is 1. The molecule has 4 heterocycles. The minimum Gasteiger partial charge on any atom is -0.493 e. The summed E-state index contributed by atoms with van der Waals surface area (Å²) in [5.74, 6) is 1.81. The van der Waals surface area contributed by atoms with Crippen molar-refractivity contribution >= 4 is 17.7 Å². The fourth-order valence-electron chi connectivity index (χ4n) is 5.92. The fourth-order valence-corrected chi connectivity index (χ4v) is 7.01. The second-order valence-electron chi connectivity index (χ2n) is 10.9. The van der Waals surface area contributed by atoms with Gasteiger partial charge in [-0.15, -0.1) is 11.8 Å². The zero-order chi connectivity index (χ0) is 27.9. The van der Waals surface area contributed by atoms with Gasteiger partial charge in [0.2, 0.25) is 5.43 Å². The molecule has 1 aromatic heterocycles. The minimum atomic E-state index is -0.304. The van der Waals surface area contributed by atoms with E-state index >= 15 is 0 Å². The van der Waals surface area contributed by atoms with Gasteiger partial charge in [0.15, 0.2) is 11.4 Å². The third kappa shape index (κ3) is 4.66. The first-order valence-corrected chi connectivity index (χ1v) is 15.0. The zero-order valence-electron chi connectivity index (χ0n) is 22.9. The molecule has 208 valence electrons. The molecule has 0 unspecified atom stereocenters. The van der Waals surface area contributed by atoms with Gasteiger partial charge in [-0.3, -0.25) is 19.3 Å². The van der Waals surface area contributed by atoms with Crippen LogP contribution < -0.4 is 19.9 Å². The van der Waals surface area contributed by atoms with E-state index in [2.05, 4.69) is 54.4 Å². The first kappa shape index (κ1) is 25.8. The average Bonchev–Trinajstić information content (AvgIpc) is 3.18. The summed E-state index contributed by atoms with van der Waals surface area (Å²) >= 11 is 1.81. The van der Waals surface area contributed by atoms with Crippen LogP contribution in [0.2, 0.25) is 0 Å². The van der Waals surface area contributed by atoms with E-state index in [4.69, 9.17) is 9.47 Å². The monoisotopic (exact) mass is 565 g/mol. The number of carbonyl (C=O) groups excluding carboxylic acids is 1. The van der Waals surface area contributed by atoms with E-state index in [1.807, 2.05) is 51.7 Å². The number of hydrogen-bond donors (Lipinski definition) is 0. The Kier molecular flexibility index (Phi) is 6.71. The van der Waals surface area contributed by atoms with Crippen LogP contribution in [0.15, 0.2) is 94.7 Å². The predicted molar refractivity (Wildman–Crippen MR) is 159 cm³/mol. The molecule has 7 nitrogen and oxygen atoms in total. The van der Waals surface area contributed by atoms with E-state index in [1.54, 1.807) is 6.20 Å². The highest BCUT2D eigenvalue weighted by atomic mass is 32.2. The van der Waals surface area contributed by atoms with E-state index in [0.717, 1.165) is 34.6 Å². The molecule has 4 aromatic rings. The van der Waals surface area contributed by atoms with Gasteiger partial charge >= 0.3 is 0 Å². The van der Waals surface area contributed by atoms with Crippen molar-refractivity contribution in [3.63, 3.8) is 0 Å². The predicted octanol–water partition coefficient (Wildman–Crippen LogP) is 5.59. The molecule has 0 radical (unpaired) electrons. The molecule has 41 heavy (non-hydrogen) atoms. The molecule has 3 aromatic carbocycles. The Labute approximate surface area is 243 Å². The van der Waals surface area contributed by atoms with Gasteiger partial charge in [0.1, 0.15) is 25.1 Å². The smallest absolute Gasteiger partial charge is 0.277 e. The van der Waals surface area contributed by atoms with Gasteiger partial charge in [0.25, 0.3) is 5.91 Å². The van der Waals surface area contributed by atoms with Gasteiger partial charge in [-0.2, -0.15) is 0 Å². The molecule has 3 aliphatic rings. The summed E-state index contributed by atoms with van der Waals surface area (Å²) in [4.78, 5) is 30.5. The largest absolute Gasteiger partial charge is 0.493 e. The van der Waals surface area contributed by atoms with Crippen molar-refractivity contribution in [3.8, 4) is 11.5 Å². The highest BCUT2D eigenvalue weighted by Gasteiger charge is 2.40. The molecule has 2 bridgehead atoms. The maximum absolute atomic E-state index is 14.1. The maximum atomic E-state index is 14.1. The normalized spacial score (nSPS) is 19.6. The van der Waals surface area contributed by atoms with Crippen LogP contribution in [0, 0.1) is 5.92 Å². The number of pyridine rings is 1. The van der Waals surface area contributed by atoms with Crippen molar-refractivity contribution in [1.82, 2.24) is 9.58 Å². The number of hydrogen-bond acceptors (Lipinski definition) is 6. The summed E-state index contributed by atoms with van der Waals surface area (Å²) in [5, 5.41) is 2.19. The molecule has 0 aliphatic carbocycles. The lowest BCUT2D eigenvalue weighted by Gasteiger charge is -2.44. The highest BCUT2D eigenvalue weighted by molar-refractivity contribution is 7.98. The second kappa shape index (κ2) is 10.7. The van der Waals surface area contributed by atoms with Gasteiger partial charge in [0, 0.05) is 35.0 Å². The van der Waals surface area contributed by atoms with Crippen molar-refractivity contribution in [2.75, 3.05) is 24.8 Å². The molecule has 1 amide bonds. The van der Waals surface area contributed by atoms with Crippen LogP contribution in [0.3, 0.4) is 0 Å². The Hall–Kier alpha value is -4.17. The van der Waals surface area contributed by atoms with Crippen LogP contribution >= 0.6 is 11.8 Å². The molecule has 3 aliphatic heterocycles. The topological polar surface area (TPSA) is 64.0 Å². The van der Waals surface area contributed by atoms with Gasteiger partial charge in [-0.25, -0.2) is 0 Å². The van der Waals surface area contributed by atoms with Crippen molar-refractivity contribution < 1.29 is 14.3 Å². The van der Waals surface area contributed by atoms with Crippen LogP contribution in [-0.2, 0) is 12.4 Å². The number of aromatic nitrogens is 1. The lowest BCUT2D eigenvalue weighted by Crippen LogP contribution is -2.56. The first-order valence-electron chi connectivity index (χ1n) is 14.0. The Bertz CT molecular complexity index is 1670. The molecule has 2 atom stereocenters. The van der Waals surface area contributed by atoms with Crippen molar-refractivity contribution in [1.29, 1.82) is 0 Å². The van der Waals surface area contributed by atoms with Crippen LogP contribution in [0.1, 0.15) is 52.1 Å². The number of rotatable bonds is 3. The average molecular weight is 566 g/mol. The minimum absolute atomic E-state index is 0.0833. The second-order valence-corrected chi connectivity index (χ2v) is 11.9. The Morgan fingerprint density at radius 1 is 0.976 bits per heavy atom. The Morgan fingerprint density at radius 2 is 1.80 bits per heavy atom. The molecule has 0 saturated heterocycles. The molecule has 0 N–H and O–H groups in total. The molecular weight excluding hydrogens is 534 g/mol. The Morgan fingerprint density at radius 3 is 2.68 bits per heavy atom. The van der Waals surface area contributed by atoms with Crippen molar-refractivity contribution in [3.05, 3.63) is 123 Å². The van der Waals surface area contributed by atoms with Crippen molar-refractivity contribution in [2.24, 2.45) is 5.92 Å². The van der Waals surface area contributed by atoms with E-state index in [9.17, 15) is 9.59 Å². The van der Waals surface area contributed by atoms with Crippen LogP contribution in [-0.4, -0.2) is 35.3 Å². The fraction of sp³-hybridized carbons (Fsp3) is 0.273. The van der Waals surface area contributed by atoms with Crippen LogP contribution in [0.5, 0.6) is 11.5 Å². The van der Waals surface area contributed by atoms with E-state index in [1.165, 1.54) is 16.5 Å². The molecular formula is C33H31N3O4S. The first-order chi connectivity index (χ1) is 20.1. The van der Waals surface area contributed by atoms with E-state index in [-0.39, 0.29) is 41.3 Å². The van der Waals surface area contributed by atoms with E-state index < -0.39 is 0 Å². The van der Waals surface area contributed by atoms with Crippen molar-refractivity contribution in [2.45, 2.75) is 36.6 Å². The number of amides is 1. The molecule has 0 saturated carbocycles. The maximum Gasteiger partial charge on any atom is 0.277 e. The number of ether oxygens (including phenoxy) is 2. The highest BCUT2D eigenvalue weighted by Crippen LogP contribution is 2.46. The number of fused-ring (bicyclic) bond motifs is 7. The zero-order valence-corrected chi connectivity index (χ0v) is 23.7. The molecule has 7 rings (SSSR count). The van der Waals surface area contributed by atoms with E-state index in [0.29, 0.717) is 19.8 Å². The standard InChI is InChI=1S/C33H31N3O4S/c1-22-14-16-34-21-36(35-17-15-26(37)32(31(35)33(34)38)40-19-23-8-3-2-4-9-23)30-25-11-5-6-13-28(25)41-20-24-10-7-12-27(29(24)30)39-18-22/h2-13,15,17,22,30H,14,16,18-21H2,1H3/t22-,30-/m1/s1. The van der Waals surface area contributed by atoms with Gasteiger partial charge < -0.3 is 14.4 Å². The van der Waals surface area contributed by atoms with Gasteiger partial charge in [0.05, 0.1) is 6.61 Å².